The molecule has 0 spiro atoms. The van der Waals surface area contributed by atoms with E-state index in [4.69, 9.17) is 9.47 Å². The van der Waals surface area contributed by atoms with Crippen molar-refractivity contribution in [3.63, 3.8) is 0 Å². The fraction of sp³-hybridized carbons (Fsp3) is 0.571. The zero-order valence-electron chi connectivity index (χ0n) is 11.2. The Morgan fingerprint density at radius 1 is 1.15 bits per heavy atom. The Morgan fingerprint density at radius 2 is 1.95 bits per heavy atom. The first-order valence-corrected chi connectivity index (χ1v) is 8.86. The molecular weight excluding hydrogens is 342 g/mol. The maximum Gasteiger partial charge on any atom is 0.0650 e. The maximum absolute atomic E-state index is 12.6. The Balaban J connectivity index is 1.83. The van der Waals surface area contributed by atoms with Crippen LogP contribution in [0, 0.1) is 0 Å². The van der Waals surface area contributed by atoms with Gasteiger partial charge in [0.05, 0.1) is 35.9 Å². The molecule has 2 heterocycles. The lowest BCUT2D eigenvalue weighted by Gasteiger charge is -2.29. The van der Waals surface area contributed by atoms with Crippen molar-refractivity contribution in [2.45, 2.75) is 16.6 Å². The van der Waals surface area contributed by atoms with E-state index in [9.17, 15) is 4.21 Å². The summed E-state index contributed by atoms with van der Waals surface area (Å²) in [5.74, 6) is 0. The molecule has 2 saturated heterocycles. The summed E-state index contributed by atoms with van der Waals surface area (Å²) < 4.78 is 24.3. The Morgan fingerprint density at radius 3 is 2.65 bits per heavy atom. The highest BCUT2D eigenvalue weighted by Gasteiger charge is 2.24. The van der Waals surface area contributed by atoms with E-state index in [1.165, 1.54) is 0 Å². The normalized spacial score (nSPS) is 24.9. The largest absolute Gasteiger partial charge is 0.380 e. The summed E-state index contributed by atoms with van der Waals surface area (Å²) >= 11 is 3.53. The summed E-state index contributed by atoms with van der Waals surface area (Å²) in [4.78, 5) is 3.16. The van der Waals surface area contributed by atoms with E-state index in [0.717, 1.165) is 54.4 Å². The standard InChI is InChI=1S/C14H18BrNO3S/c15-11-7-12(16-2-5-18-6-3-16)9-14(8-11)20(17)13-1-4-19-10-13/h7-9,13H,1-6,10H2/t13-,20?/m1/s1. The number of halogens is 1. The van der Waals surface area contributed by atoms with Crippen LogP contribution >= 0.6 is 15.9 Å². The first kappa shape index (κ1) is 14.5. The van der Waals surface area contributed by atoms with Crippen molar-refractivity contribution in [3.05, 3.63) is 22.7 Å². The summed E-state index contributed by atoms with van der Waals surface area (Å²) in [6, 6.07) is 6.08. The Kier molecular flexibility index (Phi) is 4.75. The number of hydrogen-bond acceptors (Lipinski definition) is 4. The molecular formula is C14H18BrNO3S. The van der Waals surface area contributed by atoms with Crippen LogP contribution in [0.25, 0.3) is 0 Å². The van der Waals surface area contributed by atoms with Crippen LogP contribution in [0.5, 0.6) is 0 Å². The van der Waals surface area contributed by atoms with E-state index in [-0.39, 0.29) is 5.25 Å². The fourth-order valence-electron chi connectivity index (χ4n) is 2.54. The van der Waals surface area contributed by atoms with Gasteiger partial charge in [0.1, 0.15) is 0 Å². The van der Waals surface area contributed by atoms with Gasteiger partial charge in [-0.05, 0) is 24.6 Å². The van der Waals surface area contributed by atoms with E-state index in [0.29, 0.717) is 6.61 Å². The number of hydrogen-bond donors (Lipinski definition) is 0. The predicted molar refractivity (Wildman–Crippen MR) is 82.8 cm³/mol. The highest BCUT2D eigenvalue weighted by atomic mass is 79.9. The lowest BCUT2D eigenvalue weighted by molar-refractivity contribution is 0.122. The molecule has 0 N–H and O–H groups in total. The van der Waals surface area contributed by atoms with Crippen molar-refractivity contribution in [2.75, 3.05) is 44.4 Å². The van der Waals surface area contributed by atoms with Crippen LogP contribution in [0.15, 0.2) is 27.6 Å². The van der Waals surface area contributed by atoms with Gasteiger partial charge >= 0.3 is 0 Å². The average molecular weight is 360 g/mol. The molecule has 0 radical (unpaired) electrons. The lowest BCUT2D eigenvalue weighted by atomic mass is 10.2. The number of benzene rings is 1. The predicted octanol–water partition coefficient (Wildman–Crippen LogP) is 2.18. The molecule has 1 aromatic carbocycles. The third kappa shape index (κ3) is 3.24. The van der Waals surface area contributed by atoms with E-state index < -0.39 is 10.8 Å². The van der Waals surface area contributed by atoms with Gasteiger partial charge in [0.15, 0.2) is 0 Å². The third-order valence-electron chi connectivity index (χ3n) is 3.66. The van der Waals surface area contributed by atoms with E-state index >= 15 is 0 Å². The van der Waals surface area contributed by atoms with Crippen molar-refractivity contribution < 1.29 is 13.7 Å². The molecule has 2 aliphatic rings. The van der Waals surface area contributed by atoms with Crippen LogP contribution in [-0.4, -0.2) is 49.0 Å². The van der Waals surface area contributed by atoms with Gasteiger partial charge in [-0.25, -0.2) is 0 Å². The molecule has 0 amide bonds. The van der Waals surface area contributed by atoms with Gasteiger partial charge in [0, 0.05) is 34.8 Å². The molecule has 0 bridgehead atoms. The zero-order valence-corrected chi connectivity index (χ0v) is 13.6. The minimum atomic E-state index is -0.997. The second-order valence-corrected chi connectivity index (χ2v) is 7.68. The molecule has 1 aromatic rings. The van der Waals surface area contributed by atoms with Crippen LogP contribution in [0.4, 0.5) is 5.69 Å². The first-order chi connectivity index (χ1) is 9.74. The Hall–Kier alpha value is -0.430. The van der Waals surface area contributed by atoms with E-state index in [1.807, 2.05) is 12.1 Å². The second-order valence-electron chi connectivity index (χ2n) is 5.03. The smallest absolute Gasteiger partial charge is 0.0650 e. The molecule has 0 saturated carbocycles. The first-order valence-electron chi connectivity index (χ1n) is 6.85. The molecule has 110 valence electrons. The van der Waals surface area contributed by atoms with Crippen LogP contribution in [0.1, 0.15) is 6.42 Å². The van der Waals surface area contributed by atoms with Crippen molar-refractivity contribution in [1.29, 1.82) is 0 Å². The molecule has 0 aromatic heterocycles. The summed E-state index contributed by atoms with van der Waals surface area (Å²) in [6.07, 6.45) is 0.881. The maximum atomic E-state index is 12.6. The topological polar surface area (TPSA) is 38.8 Å². The minimum Gasteiger partial charge on any atom is -0.380 e. The van der Waals surface area contributed by atoms with Gasteiger partial charge < -0.3 is 14.4 Å². The highest BCUT2D eigenvalue weighted by molar-refractivity contribution is 9.10. The average Bonchev–Trinajstić information content (AvgIpc) is 3.01. The Bertz CT molecular complexity index is 499. The molecule has 3 rings (SSSR count). The molecule has 2 fully saturated rings. The fourth-order valence-corrected chi connectivity index (χ4v) is 4.57. The molecule has 2 aliphatic heterocycles. The van der Waals surface area contributed by atoms with Gasteiger partial charge in [0.2, 0.25) is 0 Å². The third-order valence-corrected chi connectivity index (χ3v) is 5.79. The quantitative estimate of drug-likeness (QED) is 0.828. The monoisotopic (exact) mass is 359 g/mol. The number of ether oxygens (including phenoxy) is 2. The van der Waals surface area contributed by atoms with Crippen molar-refractivity contribution in [1.82, 2.24) is 0 Å². The van der Waals surface area contributed by atoms with Crippen molar-refractivity contribution in [2.24, 2.45) is 0 Å². The Labute approximate surface area is 130 Å². The van der Waals surface area contributed by atoms with Gasteiger partial charge in [0.25, 0.3) is 0 Å². The summed E-state index contributed by atoms with van der Waals surface area (Å²) in [7, 11) is -0.997. The van der Waals surface area contributed by atoms with Gasteiger partial charge in [-0.15, -0.1) is 0 Å². The highest BCUT2D eigenvalue weighted by Crippen LogP contribution is 2.28. The van der Waals surface area contributed by atoms with E-state index in [2.05, 4.69) is 26.9 Å². The van der Waals surface area contributed by atoms with Crippen LogP contribution in [-0.2, 0) is 20.3 Å². The molecule has 1 unspecified atom stereocenters. The van der Waals surface area contributed by atoms with Crippen LogP contribution in [0.3, 0.4) is 0 Å². The van der Waals surface area contributed by atoms with Crippen molar-refractivity contribution >= 4 is 32.4 Å². The number of anilines is 1. The molecule has 6 heteroatoms. The number of nitrogens with zero attached hydrogens (tertiary/aromatic N) is 1. The molecule has 4 nitrogen and oxygen atoms in total. The summed E-state index contributed by atoms with van der Waals surface area (Å²) in [5, 5.41) is 0.127. The second kappa shape index (κ2) is 6.56. The molecule has 0 aliphatic carbocycles. The van der Waals surface area contributed by atoms with E-state index in [1.54, 1.807) is 0 Å². The van der Waals surface area contributed by atoms with Gasteiger partial charge in [-0.3, -0.25) is 4.21 Å². The number of morpholine rings is 1. The van der Waals surface area contributed by atoms with Crippen LogP contribution < -0.4 is 4.90 Å². The van der Waals surface area contributed by atoms with Crippen LogP contribution in [0.2, 0.25) is 0 Å². The molecule has 20 heavy (non-hydrogen) atoms. The van der Waals surface area contributed by atoms with Gasteiger partial charge in [-0.1, -0.05) is 15.9 Å². The summed E-state index contributed by atoms with van der Waals surface area (Å²) in [5.41, 5.74) is 1.12. The minimum absolute atomic E-state index is 0.127. The lowest BCUT2D eigenvalue weighted by Crippen LogP contribution is -2.36. The molecule has 2 atom stereocenters. The number of rotatable bonds is 3. The van der Waals surface area contributed by atoms with Gasteiger partial charge in [-0.2, -0.15) is 0 Å². The summed E-state index contributed by atoms with van der Waals surface area (Å²) in [6.45, 7) is 4.60. The SMILES string of the molecule is O=S(c1cc(Br)cc(N2CCOCC2)c1)[C@@H]1CCOC1. The van der Waals surface area contributed by atoms with Crippen molar-refractivity contribution in [3.8, 4) is 0 Å². The zero-order chi connectivity index (χ0) is 13.9.